The average Bonchev–Trinajstić information content (AvgIpc) is 2.90. The molecule has 0 spiro atoms. The van der Waals surface area contributed by atoms with Crippen molar-refractivity contribution in [2.45, 2.75) is 43.9 Å². The molecule has 1 atom stereocenters. The second-order valence-electron chi connectivity index (χ2n) is 5.34. The Balaban J connectivity index is 0.00000242. The summed E-state index contributed by atoms with van der Waals surface area (Å²) in [6.07, 6.45) is -0.336. The first-order valence-corrected chi connectivity index (χ1v) is 7.65. The lowest BCUT2D eigenvalue weighted by atomic mass is 10.0. The van der Waals surface area contributed by atoms with Crippen molar-refractivity contribution in [2.75, 3.05) is 12.3 Å². The topological polar surface area (TPSA) is 58.3 Å². The Hall–Kier alpha value is -0.500. The first-order valence-electron chi connectivity index (χ1n) is 6.86. The fraction of sp³-hybridized carbons (Fsp3) is 0.571. The molecule has 0 bridgehead atoms. The van der Waals surface area contributed by atoms with E-state index in [9.17, 15) is 18.3 Å². The van der Waals surface area contributed by atoms with Gasteiger partial charge in [-0.3, -0.25) is 0 Å². The van der Waals surface area contributed by atoms with Gasteiger partial charge in [-0.15, -0.1) is 12.4 Å². The number of nitrogen functional groups attached to an aromatic ring is 1. The van der Waals surface area contributed by atoms with Gasteiger partial charge in [0.15, 0.2) is 0 Å². The molecule has 4 N–H and O–H groups in total. The average molecular weight is 404 g/mol. The van der Waals surface area contributed by atoms with Crippen LogP contribution in [0.2, 0.25) is 0 Å². The molecule has 2 rings (SSSR count). The van der Waals surface area contributed by atoms with Crippen LogP contribution >= 0.6 is 28.3 Å². The van der Waals surface area contributed by atoms with Gasteiger partial charge in [0, 0.05) is 10.5 Å². The Morgan fingerprint density at radius 1 is 1.32 bits per heavy atom. The predicted octanol–water partition coefficient (Wildman–Crippen LogP) is 4.04. The number of nitrogens with two attached hydrogens (primary N) is 1. The van der Waals surface area contributed by atoms with Gasteiger partial charge < -0.3 is 16.2 Å². The highest BCUT2D eigenvalue weighted by Gasteiger charge is 2.35. The molecule has 1 aliphatic rings. The number of halogens is 5. The van der Waals surface area contributed by atoms with Gasteiger partial charge in [-0.05, 0) is 46.5 Å². The van der Waals surface area contributed by atoms with Crippen molar-refractivity contribution in [3.05, 3.63) is 27.7 Å². The van der Waals surface area contributed by atoms with Gasteiger partial charge in [0.05, 0.1) is 23.9 Å². The SMILES string of the molecule is Cl.Nc1c(Br)cc(C(CO)NC2CCCC2)cc1C(F)(F)F. The van der Waals surface area contributed by atoms with Crippen molar-refractivity contribution >= 4 is 34.0 Å². The normalized spacial score (nSPS) is 17.3. The fourth-order valence-electron chi connectivity index (χ4n) is 2.71. The number of rotatable bonds is 4. The zero-order chi connectivity index (χ0) is 15.6. The Labute approximate surface area is 142 Å². The Morgan fingerprint density at radius 2 is 1.91 bits per heavy atom. The number of anilines is 1. The summed E-state index contributed by atoms with van der Waals surface area (Å²) in [5, 5.41) is 12.7. The first kappa shape index (κ1) is 19.5. The highest BCUT2D eigenvalue weighted by atomic mass is 79.9. The number of alkyl halides is 3. The molecule has 1 aliphatic carbocycles. The summed E-state index contributed by atoms with van der Waals surface area (Å²) >= 11 is 3.07. The molecule has 126 valence electrons. The molecule has 0 aromatic heterocycles. The molecule has 0 heterocycles. The van der Waals surface area contributed by atoms with Crippen LogP contribution in [0, 0.1) is 0 Å². The molecule has 1 aromatic carbocycles. The summed E-state index contributed by atoms with van der Waals surface area (Å²) in [7, 11) is 0. The second-order valence-corrected chi connectivity index (χ2v) is 6.20. The summed E-state index contributed by atoms with van der Waals surface area (Å²) < 4.78 is 39.2. The van der Waals surface area contributed by atoms with Gasteiger partial charge in [-0.1, -0.05) is 12.8 Å². The van der Waals surface area contributed by atoms with Crippen molar-refractivity contribution in [1.82, 2.24) is 5.32 Å². The van der Waals surface area contributed by atoms with Gasteiger partial charge in [0.1, 0.15) is 0 Å². The summed E-state index contributed by atoms with van der Waals surface area (Å²) in [4.78, 5) is 0. The first-order chi connectivity index (χ1) is 9.82. The van der Waals surface area contributed by atoms with Crippen molar-refractivity contribution < 1.29 is 18.3 Å². The number of aliphatic hydroxyl groups excluding tert-OH is 1. The highest BCUT2D eigenvalue weighted by molar-refractivity contribution is 9.10. The van der Waals surface area contributed by atoms with E-state index in [4.69, 9.17) is 5.73 Å². The van der Waals surface area contributed by atoms with E-state index >= 15 is 0 Å². The zero-order valence-corrected chi connectivity index (χ0v) is 14.2. The van der Waals surface area contributed by atoms with E-state index in [1.807, 2.05) is 0 Å². The van der Waals surface area contributed by atoms with Crippen molar-refractivity contribution in [3.8, 4) is 0 Å². The van der Waals surface area contributed by atoms with E-state index in [2.05, 4.69) is 21.2 Å². The number of hydrogen-bond acceptors (Lipinski definition) is 3. The quantitative estimate of drug-likeness (QED) is 0.665. The van der Waals surface area contributed by atoms with Gasteiger partial charge in [-0.25, -0.2) is 0 Å². The number of hydrogen-bond donors (Lipinski definition) is 3. The summed E-state index contributed by atoms with van der Waals surface area (Å²) in [5.41, 5.74) is 4.67. The van der Waals surface area contributed by atoms with Crippen LogP contribution in [0.5, 0.6) is 0 Å². The van der Waals surface area contributed by atoms with Crippen LogP contribution < -0.4 is 11.1 Å². The van der Waals surface area contributed by atoms with Gasteiger partial charge in [0.25, 0.3) is 0 Å². The maximum atomic E-state index is 13.0. The monoisotopic (exact) mass is 402 g/mol. The van der Waals surface area contributed by atoms with Crippen LogP contribution in [0.4, 0.5) is 18.9 Å². The number of aliphatic hydroxyl groups is 1. The van der Waals surface area contributed by atoms with Crippen molar-refractivity contribution in [1.29, 1.82) is 0 Å². The third-order valence-corrected chi connectivity index (χ3v) is 4.49. The summed E-state index contributed by atoms with van der Waals surface area (Å²) in [6, 6.07) is 2.27. The maximum Gasteiger partial charge on any atom is 0.418 e. The number of nitrogens with one attached hydrogen (secondary N) is 1. The summed E-state index contributed by atoms with van der Waals surface area (Å²) in [5.74, 6) is 0. The van der Waals surface area contributed by atoms with Crippen molar-refractivity contribution in [3.63, 3.8) is 0 Å². The Kier molecular flexibility index (Phi) is 6.98. The van der Waals surface area contributed by atoms with Crippen LogP contribution in [0.25, 0.3) is 0 Å². The minimum Gasteiger partial charge on any atom is -0.397 e. The molecule has 22 heavy (non-hydrogen) atoms. The molecule has 0 aliphatic heterocycles. The van der Waals surface area contributed by atoms with E-state index in [1.54, 1.807) is 0 Å². The van der Waals surface area contributed by atoms with E-state index in [1.165, 1.54) is 6.07 Å². The smallest absolute Gasteiger partial charge is 0.397 e. The maximum absolute atomic E-state index is 13.0. The molecule has 1 saturated carbocycles. The third kappa shape index (κ3) is 4.50. The molecule has 1 aromatic rings. The highest BCUT2D eigenvalue weighted by Crippen LogP contribution is 2.39. The van der Waals surface area contributed by atoms with Crippen LogP contribution in [-0.2, 0) is 6.18 Å². The zero-order valence-electron chi connectivity index (χ0n) is 11.8. The fourth-order valence-corrected chi connectivity index (χ4v) is 3.18. The predicted molar refractivity (Wildman–Crippen MR) is 86.0 cm³/mol. The van der Waals surface area contributed by atoms with E-state index < -0.39 is 17.8 Å². The lowest BCUT2D eigenvalue weighted by molar-refractivity contribution is -0.137. The minimum absolute atomic E-state index is 0. The molecular weight excluding hydrogens is 385 g/mol. The van der Waals surface area contributed by atoms with E-state index in [-0.39, 0.29) is 35.2 Å². The van der Waals surface area contributed by atoms with Crippen LogP contribution in [-0.4, -0.2) is 17.8 Å². The minimum atomic E-state index is -4.52. The molecule has 8 heteroatoms. The molecule has 1 unspecified atom stereocenters. The molecular formula is C14H19BrClF3N2O. The lowest BCUT2D eigenvalue weighted by Gasteiger charge is -2.23. The number of benzene rings is 1. The molecule has 1 fully saturated rings. The Bertz CT molecular complexity index is 508. The molecule has 0 radical (unpaired) electrons. The van der Waals surface area contributed by atoms with Crippen LogP contribution in [0.3, 0.4) is 0 Å². The molecule has 0 amide bonds. The van der Waals surface area contributed by atoms with Crippen LogP contribution in [0.15, 0.2) is 16.6 Å². The van der Waals surface area contributed by atoms with Gasteiger partial charge in [0.2, 0.25) is 0 Å². The van der Waals surface area contributed by atoms with Crippen molar-refractivity contribution in [2.24, 2.45) is 0 Å². The third-order valence-electron chi connectivity index (χ3n) is 3.83. The van der Waals surface area contributed by atoms with Crippen LogP contribution in [0.1, 0.15) is 42.9 Å². The molecule has 0 saturated heterocycles. The molecule has 3 nitrogen and oxygen atoms in total. The van der Waals surface area contributed by atoms with E-state index in [0.717, 1.165) is 31.7 Å². The standard InChI is InChI=1S/C14H18BrF3N2O.ClH/c15-11-6-8(5-10(13(11)19)14(16,17)18)12(7-21)20-9-3-1-2-4-9;/h5-6,9,12,20-21H,1-4,7,19H2;1H. The summed E-state index contributed by atoms with van der Waals surface area (Å²) in [6.45, 7) is -0.260. The lowest BCUT2D eigenvalue weighted by Crippen LogP contribution is -2.33. The van der Waals surface area contributed by atoms with Gasteiger partial charge >= 0.3 is 6.18 Å². The van der Waals surface area contributed by atoms with Gasteiger partial charge in [-0.2, -0.15) is 13.2 Å². The Morgan fingerprint density at radius 3 is 2.41 bits per heavy atom. The van der Waals surface area contributed by atoms with E-state index in [0.29, 0.717) is 5.56 Å². The second kappa shape index (κ2) is 7.86. The largest absolute Gasteiger partial charge is 0.418 e.